The van der Waals surface area contributed by atoms with Crippen molar-refractivity contribution in [1.29, 1.82) is 0 Å². The summed E-state index contributed by atoms with van der Waals surface area (Å²) in [5.74, 6) is 0.670. The molecule has 1 heterocycles. The number of benzene rings is 1. The van der Waals surface area contributed by atoms with Crippen molar-refractivity contribution < 1.29 is 9.59 Å². The molecule has 1 aliphatic heterocycles. The normalized spacial score (nSPS) is 20.1. The van der Waals surface area contributed by atoms with Crippen LogP contribution in [0, 0.1) is 5.92 Å². The zero-order chi connectivity index (χ0) is 17.5. The van der Waals surface area contributed by atoms with E-state index in [2.05, 4.69) is 11.4 Å². The number of fused-ring (bicyclic) bond motifs is 1. The standard InChI is InChI=1S/C21H26N2O2/c24-20(11-10-17-6-2-1-3-7-17)22-14-12-21(25)23-15-13-18-8-4-5-9-19(18)16-23/h1-3,6-7,9-11,18H,4-5,8,12-16H2,(H,22,24). The number of likely N-dealkylation sites (tertiary alicyclic amines) is 1. The number of nitrogens with zero attached hydrogens (tertiary/aromatic N) is 1. The maximum absolute atomic E-state index is 12.4. The predicted molar refractivity (Wildman–Crippen MR) is 99.7 cm³/mol. The van der Waals surface area contributed by atoms with E-state index in [0.29, 0.717) is 18.9 Å². The van der Waals surface area contributed by atoms with E-state index >= 15 is 0 Å². The van der Waals surface area contributed by atoms with Gasteiger partial charge in [-0.3, -0.25) is 9.59 Å². The third-order valence-electron chi connectivity index (χ3n) is 5.03. The maximum atomic E-state index is 12.4. The fourth-order valence-corrected chi connectivity index (χ4v) is 3.60. The average molecular weight is 338 g/mol. The van der Waals surface area contributed by atoms with Crippen LogP contribution in [0.5, 0.6) is 0 Å². The summed E-state index contributed by atoms with van der Waals surface area (Å²) in [5.41, 5.74) is 2.43. The molecule has 0 bridgehead atoms. The van der Waals surface area contributed by atoms with E-state index < -0.39 is 0 Å². The molecule has 1 aromatic rings. The highest BCUT2D eigenvalue weighted by Crippen LogP contribution is 2.31. The molecular formula is C21H26N2O2. The van der Waals surface area contributed by atoms with E-state index in [-0.39, 0.29) is 11.8 Å². The molecule has 0 spiro atoms. The second-order valence-corrected chi connectivity index (χ2v) is 6.80. The minimum absolute atomic E-state index is 0.136. The molecule has 1 saturated heterocycles. The highest BCUT2D eigenvalue weighted by atomic mass is 16.2. The van der Waals surface area contributed by atoms with Gasteiger partial charge in [0.05, 0.1) is 0 Å². The van der Waals surface area contributed by atoms with Crippen LogP contribution in [0.15, 0.2) is 48.1 Å². The van der Waals surface area contributed by atoms with Gasteiger partial charge in [-0.1, -0.05) is 42.0 Å². The van der Waals surface area contributed by atoms with Gasteiger partial charge in [-0.15, -0.1) is 0 Å². The molecule has 0 radical (unpaired) electrons. The van der Waals surface area contributed by atoms with E-state index in [4.69, 9.17) is 0 Å². The van der Waals surface area contributed by atoms with E-state index in [1.54, 1.807) is 6.08 Å². The number of carbonyl (C=O) groups excluding carboxylic acids is 2. The molecule has 132 valence electrons. The van der Waals surface area contributed by atoms with Crippen molar-refractivity contribution in [2.45, 2.75) is 32.1 Å². The number of allylic oxidation sites excluding steroid dienone is 1. The summed E-state index contributed by atoms with van der Waals surface area (Å²) in [5, 5.41) is 2.79. The summed E-state index contributed by atoms with van der Waals surface area (Å²) in [4.78, 5) is 26.1. The lowest BCUT2D eigenvalue weighted by molar-refractivity contribution is -0.131. The van der Waals surface area contributed by atoms with Crippen LogP contribution < -0.4 is 5.32 Å². The molecule has 25 heavy (non-hydrogen) atoms. The van der Waals surface area contributed by atoms with E-state index in [0.717, 1.165) is 31.5 Å². The summed E-state index contributed by atoms with van der Waals surface area (Å²) >= 11 is 0. The highest BCUT2D eigenvalue weighted by Gasteiger charge is 2.27. The van der Waals surface area contributed by atoms with Gasteiger partial charge >= 0.3 is 0 Å². The maximum Gasteiger partial charge on any atom is 0.244 e. The summed E-state index contributed by atoms with van der Waals surface area (Å²) in [6, 6.07) is 9.69. The SMILES string of the molecule is O=C(C=Cc1ccccc1)NCCC(=O)N1CCC2CCCC=C2C1. The molecule has 1 aliphatic carbocycles. The van der Waals surface area contributed by atoms with Crippen molar-refractivity contribution in [3.8, 4) is 0 Å². The third-order valence-corrected chi connectivity index (χ3v) is 5.03. The minimum atomic E-state index is -0.162. The Bertz CT molecular complexity index is 664. The van der Waals surface area contributed by atoms with Crippen LogP contribution in [0.2, 0.25) is 0 Å². The molecule has 0 saturated carbocycles. The van der Waals surface area contributed by atoms with Crippen molar-refractivity contribution >= 4 is 17.9 Å². The second kappa shape index (κ2) is 8.65. The van der Waals surface area contributed by atoms with Crippen LogP contribution in [-0.2, 0) is 9.59 Å². The largest absolute Gasteiger partial charge is 0.352 e. The van der Waals surface area contributed by atoms with Gasteiger partial charge in [-0.2, -0.15) is 0 Å². The number of nitrogens with one attached hydrogen (secondary N) is 1. The topological polar surface area (TPSA) is 49.4 Å². The minimum Gasteiger partial charge on any atom is -0.352 e. The van der Waals surface area contributed by atoms with Gasteiger partial charge in [0.15, 0.2) is 0 Å². The molecule has 0 aromatic heterocycles. The first-order valence-electron chi connectivity index (χ1n) is 9.20. The smallest absolute Gasteiger partial charge is 0.244 e. The highest BCUT2D eigenvalue weighted by molar-refractivity contribution is 5.92. The number of hydrogen-bond donors (Lipinski definition) is 1. The molecule has 1 fully saturated rings. The lowest BCUT2D eigenvalue weighted by atomic mass is 9.82. The van der Waals surface area contributed by atoms with Gasteiger partial charge in [-0.05, 0) is 43.2 Å². The molecule has 3 rings (SSSR count). The Labute approximate surface area is 149 Å². The number of piperidine rings is 1. The molecule has 1 unspecified atom stereocenters. The fraction of sp³-hybridized carbons (Fsp3) is 0.429. The van der Waals surface area contributed by atoms with Crippen molar-refractivity contribution in [1.82, 2.24) is 10.2 Å². The summed E-state index contributed by atoms with van der Waals surface area (Å²) in [6.45, 7) is 2.02. The van der Waals surface area contributed by atoms with Crippen LogP contribution >= 0.6 is 0 Å². The Morgan fingerprint density at radius 2 is 2.04 bits per heavy atom. The Hall–Kier alpha value is -2.36. The van der Waals surface area contributed by atoms with E-state index in [9.17, 15) is 9.59 Å². The van der Waals surface area contributed by atoms with Gasteiger partial charge in [0.25, 0.3) is 0 Å². The van der Waals surface area contributed by atoms with Gasteiger partial charge in [-0.25, -0.2) is 0 Å². The molecule has 4 heteroatoms. The third kappa shape index (κ3) is 5.05. The molecule has 1 N–H and O–H groups in total. The molecular weight excluding hydrogens is 312 g/mol. The number of carbonyl (C=O) groups is 2. The van der Waals surface area contributed by atoms with Crippen LogP contribution in [0.1, 0.15) is 37.7 Å². The predicted octanol–water partition coefficient (Wildman–Crippen LogP) is 3.16. The van der Waals surface area contributed by atoms with Crippen LogP contribution in [0.3, 0.4) is 0 Å². The lowest BCUT2D eigenvalue weighted by Gasteiger charge is -2.36. The quantitative estimate of drug-likeness (QED) is 0.662. The second-order valence-electron chi connectivity index (χ2n) is 6.80. The first kappa shape index (κ1) is 17.5. The Kier molecular flexibility index (Phi) is 6.04. The Morgan fingerprint density at radius 3 is 2.88 bits per heavy atom. The monoisotopic (exact) mass is 338 g/mol. The van der Waals surface area contributed by atoms with Gasteiger partial charge in [0.2, 0.25) is 11.8 Å². The fourth-order valence-electron chi connectivity index (χ4n) is 3.60. The van der Waals surface area contributed by atoms with Crippen molar-refractivity contribution in [2.24, 2.45) is 5.92 Å². The van der Waals surface area contributed by atoms with Crippen molar-refractivity contribution in [3.05, 3.63) is 53.6 Å². The number of hydrogen-bond acceptors (Lipinski definition) is 2. The van der Waals surface area contributed by atoms with Crippen molar-refractivity contribution in [3.63, 3.8) is 0 Å². The zero-order valence-corrected chi connectivity index (χ0v) is 14.6. The van der Waals surface area contributed by atoms with Crippen molar-refractivity contribution in [2.75, 3.05) is 19.6 Å². The van der Waals surface area contributed by atoms with Crippen LogP contribution in [0.25, 0.3) is 6.08 Å². The van der Waals surface area contributed by atoms with Gasteiger partial charge in [0.1, 0.15) is 0 Å². The van der Waals surface area contributed by atoms with Gasteiger partial charge < -0.3 is 10.2 Å². The number of rotatable bonds is 5. The number of amides is 2. The van der Waals surface area contributed by atoms with Crippen LogP contribution in [0.4, 0.5) is 0 Å². The van der Waals surface area contributed by atoms with E-state index in [1.165, 1.54) is 24.5 Å². The van der Waals surface area contributed by atoms with Gasteiger partial charge in [0, 0.05) is 32.1 Å². The molecule has 4 nitrogen and oxygen atoms in total. The molecule has 1 atom stereocenters. The summed E-state index contributed by atoms with van der Waals surface area (Å²) in [7, 11) is 0. The van der Waals surface area contributed by atoms with Crippen LogP contribution in [-0.4, -0.2) is 36.3 Å². The molecule has 2 amide bonds. The Morgan fingerprint density at radius 1 is 1.20 bits per heavy atom. The average Bonchev–Trinajstić information content (AvgIpc) is 2.66. The Balaban J connectivity index is 1.40. The first-order chi connectivity index (χ1) is 12.2. The summed E-state index contributed by atoms with van der Waals surface area (Å²) < 4.78 is 0. The zero-order valence-electron chi connectivity index (χ0n) is 14.6. The summed E-state index contributed by atoms with van der Waals surface area (Å²) in [6.07, 6.45) is 10.8. The molecule has 2 aliphatic rings. The van der Waals surface area contributed by atoms with E-state index in [1.807, 2.05) is 35.2 Å². The lowest BCUT2D eigenvalue weighted by Crippen LogP contribution is -2.41. The first-order valence-corrected chi connectivity index (χ1v) is 9.20. The molecule has 1 aromatic carbocycles.